The van der Waals surface area contributed by atoms with Crippen molar-refractivity contribution in [1.82, 2.24) is 20.4 Å². The standard InChI is InChI=1S/C13H19N5O/c14-4-1-5-15-13(19)10-18-6-2-11(3-7-18)12-8-16-17-9-12/h8-9,11H,1-3,5-7,10H2,(H,15,19)(H,16,17). The molecule has 0 bridgehead atoms. The summed E-state index contributed by atoms with van der Waals surface area (Å²) in [5.41, 5.74) is 1.26. The van der Waals surface area contributed by atoms with Crippen LogP contribution in [-0.4, -0.2) is 47.2 Å². The molecule has 2 rings (SSSR count). The molecule has 0 aliphatic carbocycles. The van der Waals surface area contributed by atoms with E-state index in [-0.39, 0.29) is 5.91 Å². The molecule has 1 aliphatic rings. The van der Waals surface area contributed by atoms with Crippen LogP contribution in [0, 0.1) is 11.3 Å². The van der Waals surface area contributed by atoms with Gasteiger partial charge in [-0.25, -0.2) is 0 Å². The summed E-state index contributed by atoms with van der Waals surface area (Å²) in [5, 5.41) is 18.0. The zero-order valence-corrected chi connectivity index (χ0v) is 10.9. The number of carbonyl (C=O) groups excluding carboxylic acids is 1. The first-order valence-electron chi connectivity index (χ1n) is 6.64. The number of rotatable bonds is 5. The lowest BCUT2D eigenvalue weighted by atomic mass is 9.91. The summed E-state index contributed by atoms with van der Waals surface area (Å²) in [6.07, 6.45) is 6.33. The molecule has 0 spiro atoms. The van der Waals surface area contributed by atoms with Crippen LogP contribution in [0.3, 0.4) is 0 Å². The van der Waals surface area contributed by atoms with Crippen molar-refractivity contribution < 1.29 is 4.79 Å². The lowest BCUT2D eigenvalue weighted by molar-refractivity contribution is -0.122. The Hall–Kier alpha value is -1.87. The molecular formula is C13H19N5O. The lowest BCUT2D eigenvalue weighted by Crippen LogP contribution is -2.41. The number of piperidine rings is 1. The smallest absolute Gasteiger partial charge is 0.234 e. The van der Waals surface area contributed by atoms with E-state index in [1.165, 1.54) is 5.56 Å². The first-order chi connectivity index (χ1) is 9.29. The van der Waals surface area contributed by atoms with Crippen molar-refractivity contribution in [2.45, 2.75) is 25.2 Å². The van der Waals surface area contributed by atoms with E-state index in [1.54, 1.807) is 0 Å². The van der Waals surface area contributed by atoms with E-state index in [0.29, 0.717) is 25.4 Å². The van der Waals surface area contributed by atoms with Gasteiger partial charge >= 0.3 is 0 Å². The largest absolute Gasteiger partial charge is 0.354 e. The van der Waals surface area contributed by atoms with Gasteiger partial charge in [0.05, 0.1) is 25.2 Å². The van der Waals surface area contributed by atoms with E-state index in [4.69, 9.17) is 5.26 Å². The van der Waals surface area contributed by atoms with Crippen LogP contribution in [0.4, 0.5) is 0 Å². The Kier molecular flexibility index (Phi) is 4.93. The van der Waals surface area contributed by atoms with Crippen LogP contribution in [0.5, 0.6) is 0 Å². The van der Waals surface area contributed by atoms with Crippen LogP contribution in [0.15, 0.2) is 12.4 Å². The second-order valence-electron chi connectivity index (χ2n) is 4.84. The highest BCUT2D eigenvalue weighted by atomic mass is 16.2. The third-order valence-corrected chi connectivity index (χ3v) is 3.50. The topological polar surface area (TPSA) is 84.8 Å². The first-order valence-corrected chi connectivity index (χ1v) is 6.64. The normalized spacial score (nSPS) is 17.0. The number of aromatic nitrogens is 2. The van der Waals surface area contributed by atoms with E-state index in [2.05, 4.69) is 20.4 Å². The van der Waals surface area contributed by atoms with E-state index < -0.39 is 0 Å². The van der Waals surface area contributed by atoms with Crippen LogP contribution in [-0.2, 0) is 4.79 Å². The molecule has 1 fully saturated rings. The number of hydrogen-bond donors (Lipinski definition) is 2. The quantitative estimate of drug-likeness (QED) is 0.761. The molecule has 19 heavy (non-hydrogen) atoms. The van der Waals surface area contributed by atoms with Crippen molar-refractivity contribution >= 4 is 5.91 Å². The van der Waals surface area contributed by atoms with Crippen LogP contribution in [0.2, 0.25) is 0 Å². The molecule has 1 amide bonds. The highest BCUT2D eigenvalue weighted by molar-refractivity contribution is 5.78. The Labute approximate surface area is 112 Å². The summed E-state index contributed by atoms with van der Waals surface area (Å²) in [4.78, 5) is 13.8. The Balaban J connectivity index is 1.69. The first kappa shape index (κ1) is 13.6. The summed E-state index contributed by atoms with van der Waals surface area (Å²) in [7, 11) is 0. The number of nitriles is 1. The predicted molar refractivity (Wildman–Crippen MR) is 70.2 cm³/mol. The van der Waals surface area contributed by atoms with E-state index in [1.807, 2.05) is 18.5 Å². The second-order valence-corrected chi connectivity index (χ2v) is 4.84. The average Bonchev–Trinajstić information content (AvgIpc) is 2.94. The fraction of sp³-hybridized carbons (Fsp3) is 0.615. The van der Waals surface area contributed by atoms with Crippen LogP contribution in [0.1, 0.15) is 30.7 Å². The molecule has 0 unspecified atom stereocenters. The van der Waals surface area contributed by atoms with Gasteiger partial charge in [0.15, 0.2) is 0 Å². The third kappa shape index (κ3) is 4.07. The molecule has 0 saturated carbocycles. The van der Waals surface area contributed by atoms with Crippen molar-refractivity contribution in [3.05, 3.63) is 18.0 Å². The van der Waals surface area contributed by atoms with Crippen LogP contribution >= 0.6 is 0 Å². The molecular weight excluding hydrogens is 242 g/mol. The minimum atomic E-state index is 0.0111. The monoisotopic (exact) mass is 261 g/mol. The molecule has 1 aliphatic heterocycles. The third-order valence-electron chi connectivity index (χ3n) is 3.50. The minimum Gasteiger partial charge on any atom is -0.354 e. The van der Waals surface area contributed by atoms with Gasteiger partial charge < -0.3 is 5.32 Å². The molecule has 1 saturated heterocycles. The molecule has 102 valence electrons. The molecule has 1 aromatic rings. The van der Waals surface area contributed by atoms with Gasteiger partial charge in [-0.3, -0.25) is 14.8 Å². The SMILES string of the molecule is N#CCCNC(=O)CN1CCC(c2cn[nH]c2)CC1. The fourth-order valence-corrected chi connectivity index (χ4v) is 2.43. The molecule has 0 atom stereocenters. The summed E-state index contributed by atoms with van der Waals surface area (Å²) in [6, 6.07) is 2.01. The van der Waals surface area contributed by atoms with Gasteiger partial charge in [0.25, 0.3) is 0 Å². The highest BCUT2D eigenvalue weighted by Gasteiger charge is 2.22. The van der Waals surface area contributed by atoms with Crippen molar-refractivity contribution in [3.63, 3.8) is 0 Å². The zero-order valence-electron chi connectivity index (χ0n) is 10.9. The number of H-pyrrole nitrogens is 1. The molecule has 2 heterocycles. The van der Waals surface area contributed by atoms with Gasteiger partial charge in [-0.05, 0) is 37.4 Å². The number of amides is 1. The van der Waals surface area contributed by atoms with Gasteiger partial charge in [0.1, 0.15) is 0 Å². The van der Waals surface area contributed by atoms with Crippen molar-refractivity contribution in [1.29, 1.82) is 5.26 Å². The fourth-order valence-electron chi connectivity index (χ4n) is 2.43. The van der Waals surface area contributed by atoms with Crippen molar-refractivity contribution in [2.24, 2.45) is 0 Å². The van der Waals surface area contributed by atoms with Crippen molar-refractivity contribution in [3.8, 4) is 6.07 Å². The van der Waals surface area contributed by atoms with Crippen LogP contribution in [0.25, 0.3) is 0 Å². The van der Waals surface area contributed by atoms with Gasteiger partial charge in [-0.2, -0.15) is 10.4 Å². The Morgan fingerprint density at radius 1 is 1.58 bits per heavy atom. The Morgan fingerprint density at radius 2 is 2.37 bits per heavy atom. The van der Waals surface area contributed by atoms with Crippen LogP contribution < -0.4 is 5.32 Å². The van der Waals surface area contributed by atoms with E-state index in [9.17, 15) is 4.79 Å². The predicted octanol–water partition coefficient (Wildman–Crippen LogP) is 0.619. The maximum Gasteiger partial charge on any atom is 0.234 e. The molecule has 0 aromatic carbocycles. The summed E-state index contributed by atoms with van der Waals surface area (Å²) >= 11 is 0. The van der Waals surface area contributed by atoms with Crippen molar-refractivity contribution in [2.75, 3.05) is 26.2 Å². The Morgan fingerprint density at radius 3 is 3.00 bits per heavy atom. The van der Waals surface area contributed by atoms with E-state index in [0.717, 1.165) is 25.9 Å². The maximum absolute atomic E-state index is 11.6. The highest BCUT2D eigenvalue weighted by Crippen LogP contribution is 2.26. The minimum absolute atomic E-state index is 0.0111. The molecule has 6 nitrogen and oxygen atoms in total. The average molecular weight is 261 g/mol. The lowest BCUT2D eigenvalue weighted by Gasteiger charge is -2.30. The molecule has 2 N–H and O–H groups in total. The second kappa shape index (κ2) is 6.90. The summed E-state index contributed by atoms with van der Waals surface area (Å²) in [6.45, 7) is 2.74. The van der Waals surface area contributed by atoms with Gasteiger partial charge in [-0.15, -0.1) is 0 Å². The number of hydrogen-bond acceptors (Lipinski definition) is 4. The summed E-state index contributed by atoms with van der Waals surface area (Å²) < 4.78 is 0. The number of carbonyl (C=O) groups is 1. The van der Waals surface area contributed by atoms with E-state index >= 15 is 0 Å². The molecule has 6 heteroatoms. The number of likely N-dealkylation sites (tertiary alicyclic amines) is 1. The molecule has 1 aromatic heterocycles. The molecule has 0 radical (unpaired) electrons. The van der Waals surface area contributed by atoms with Gasteiger partial charge in [0.2, 0.25) is 5.91 Å². The van der Waals surface area contributed by atoms with Gasteiger partial charge in [-0.1, -0.05) is 0 Å². The summed E-state index contributed by atoms with van der Waals surface area (Å²) in [5.74, 6) is 0.564. The number of nitrogens with zero attached hydrogens (tertiary/aromatic N) is 3. The number of nitrogens with one attached hydrogen (secondary N) is 2. The number of aromatic amines is 1. The maximum atomic E-state index is 11.6. The van der Waals surface area contributed by atoms with Gasteiger partial charge in [0, 0.05) is 12.7 Å². The Bertz CT molecular complexity index is 428. The zero-order chi connectivity index (χ0) is 13.5.